The Bertz CT molecular complexity index is 588. The van der Waals surface area contributed by atoms with Gasteiger partial charge >= 0.3 is 5.97 Å². The number of hydrogen-bond donors (Lipinski definition) is 2. The normalized spacial score (nSPS) is 26.6. The van der Waals surface area contributed by atoms with Gasteiger partial charge in [-0.3, -0.25) is 0 Å². The molecular formula is C15H19BrClNO3. The lowest BCUT2D eigenvalue weighted by molar-refractivity contribution is -0.149. The lowest BCUT2D eigenvalue weighted by atomic mass is 9.78. The van der Waals surface area contributed by atoms with Crippen LogP contribution in [0.15, 0.2) is 22.7 Å². The van der Waals surface area contributed by atoms with Crippen LogP contribution in [0.5, 0.6) is 0 Å². The van der Waals surface area contributed by atoms with E-state index in [9.17, 15) is 9.90 Å². The van der Waals surface area contributed by atoms with Crippen LogP contribution in [0, 0.1) is 0 Å². The van der Waals surface area contributed by atoms with E-state index in [0.29, 0.717) is 21.6 Å². The fourth-order valence-corrected chi connectivity index (χ4v) is 3.56. The van der Waals surface area contributed by atoms with Crippen molar-refractivity contribution in [3.63, 3.8) is 0 Å². The highest BCUT2D eigenvalue weighted by atomic mass is 79.9. The molecule has 1 fully saturated rings. The molecule has 0 saturated carbocycles. The van der Waals surface area contributed by atoms with Crippen molar-refractivity contribution in [1.29, 1.82) is 0 Å². The summed E-state index contributed by atoms with van der Waals surface area (Å²) in [7, 11) is 0. The second kappa shape index (κ2) is 5.14. The van der Waals surface area contributed by atoms with E-state index >= 15 is 0 Å². The second-order valence-corrected chi connectivity index (χ2v) is 7.77. The Morgan fingerprint density at radius 1 is 1.38 bits per heavy atom. The van der Waals surface area contributed by atoms with Gasteiger partial charge in [0.05, 0.1) is 16.2 Å². The number of nitrogens with one attached hydrogen (secondary N) is 1. The van der Waals surface area contributed by atoms with Gasteiger partial charge in [-0.1, -0.05) is 11.6 Å². The zero-order valence-corrected chi connectivity index (χ0v) is 14.8. The predicted octanol–water partition coefficient (Wildman–Crippen LogP) is 4.32. The number of carbonyl (C=O) groups is 1. The lowest BCUT2D eigenvalue weighted by Crippen LogP contribution is -2.58. The molecule has 1 aliphatic rings. The van der Waals surface area contributed by atoms with Crippen molar-refractivity contribution < 1.29 is 14.6 Å². The minimum absolute atomic E-state index is 0.364. The first-order valence-corrected chi connectivity index (χ1v) is 7.83. The fourth-order valence-electron chi connectivity index (χ4n) is 3.07. The van der Waals surface area contributed by atoms with Gasteiger partial charge in [0, 0.05) is 16.6 Å². The van der Waals surface area contributed by atoms with E-state index in [1.807, 2.05) is 13.8 Å². The van der Waals surface area contributed by atoms with Gasteiger partial charge in [0.15, 0.2) is 5.54 Å². The number of rotatable bonds is 3. The monoisotopic (exact) mass is 375 g/mol. The van der Waals surface area contributed by atoms with Crippen molar-refractivity contribution >= 4 is 39.2 Å². The van der Waals surface area contributed by atoms with Crippen LogP contribution >= 0.6 is 27.5 Å². The Balaban J connectivity index is 2.44. The van der Waals surface area contributed by atoms with Gasteiger partial charge < -0.3 is 15.2 Å². The summed E-state index contributed by atoms with van der Waals surface area (Å²) < 4.78 is 6.67. The van der Waals surface area contributed by atoms with Gasteiger partial charge in [0.25, 0.3) is 0 Å². The summed E-state index contributed by atoms with van der Waals surface area (Å²) in [5, 5.41) is 13.6. The van der Waals surface area contributed by atoms with Crippen molar-refractivity contribution in [2.24, 2.45) is 0 Å². The Hall–Kier alpha value is -0.780. The SMILES string of the molecule is CC1(C)CC(Nc2ccc(Cl)c(Br)c2)(C(=O)O)C(C)(C)O1. The van der Waals surface area contributed by atoms with Crippen LogP contribution in [-0.4, -0.2) is 27.8 Å². The van der Waals surface area contributed by atoms with Crippen LogP contribution in [-0.2, 0) is 9.53 Å². The maximum atomic E-state index is 12.0. The third-order valence-electron chi connectivity index (χ3n) is 3.89. The first-order chi connectivity index (χ1) is 9.49. The molecule has 21 heavy (non-hydrogen) atoms. The van der Waals surface area contributed by atoms with Crippen LogP contribution < -0.4 is 5.32 Å². The topological polar surface area (TPSA) is 58.6 Å². The summed E-state index contributed by atoms with van der Waals surface area (Å²) >= 11 is 9.33. The van der Waals surface area contributed by atoms with E-state index < -0.39 is 22.7 Å². The van der Waals surface area contributed by atoms with E-state index in [4.69, 9.17) is 16.3 Å². The molecule has 1 saturated heterocycles. The van der Waals surface area contributed by atoms with Crippen molar-refractivity contribution in [2.75, 3.05) is 5.32 Å². The third-order valence-corrected chi connectivity index (χ3v) is 5.11. The highest BCUT2D eigenvalue weighted by Gasteiger charge is 2.62. The van der Waals surface area contributed by atoms with Gasteiger partial charge in [-0.05, 0) is 61.8 Å². The van der Waals surface area contributed by atoms with Gasteiger partial charge in [0.2, 0.25) is 0 Å². The van der Waals surface area contributed by atoms with Gasteiger partial charge in [0.1, 0.15) is 0 Å². The number of aliphatic carboxylic acids is 1. The number of ether oxygens (including phenoxy) is 1. The van der Waals surface area contributed by atoms with Crippen LogP contribution in [0.1, 0.15) is 34.1 Å². The molecule has 2 N–H and O–H groups in total. The molecule has 1 aromatic rings. The summed E-state index contributed by atoms with van der Waals surface area (Å²) in [6.45, 7) is 7.40. The van der Waals surface area contributed by atoms with Crippen molar-refractivity contribution in [3.05, 3.63) is 27.7 Å². The zero-order valence-electron chi connectivity index (χ0n) is 12.5. The Morgan fingerprint density at radius 2 is 2.00 bits per heavy atom. The Morgan fingerprint density at radius 3 is 2.43 bits per heavy atom. The molecule has 0 aliphatic carbocycles. The van der Waals surface area contributed by atoms with Crippen LogP contribution in [0.2, 0.25) is 5.02 Å². The van der Waals surface area contributed by atoms with Gasteiger partial charge in [-0.25, -0.2) is 4.79 Å². The number of carboxylic acid groups (broad SMARTS) is 1. The standard InChI is InChI=1S/C15H19BrClNO3/c1-13(2)8-15(12(19)20,14(3,4)21-13)18-9-5-6-11(17)10(16)7-9/h5-7,18H,8H2,1-4H3,(H,19,20). The van der Waals surface area contributed by atoms with Gasteiger partial charge in [-0.2, -0.15) is 0 Å². The molecular weight excluding hydrogens is 358 g/mol. The van der Waals surface area contributed by atoms with Crippen LogP contribution in [0.4, 0.5) is 5.69 Å². The molecule has 0 aromatic heterocycles. The quantitative estimate of drug-likeness (QED) is 0.825. The summed E-state index contributed by atoms with van der Waals surface area (Å²) in [6.07, 6.45) is 0.364. The molecule has 1 atom stereocenters. The number of anilines is 1. The fraction of sp³-hybridized carbons (Fsp3) is 0.533. The van der Waals surface area contributed by atoms with E-state index in [0.717, 1.165) is 0 Å². The molecule has 0 radical (unpaired) electrons. The lowest BCUT2D eigenvalue weighted by Gasteiger charge is -2.37. The average molecular weight is 377 g/mol. The largest absolute Gasteiger partial charge is 0.479 e. The van der Waals surface area contributed by atoms with Crippen molar-refractivity contribution in [1.82, 2.24) is 0 Å². The molecule has 2 rings (SSSR count). The Kier molecular flexibility index (Phi) is 4.06. The molecule has 1 unspecified atom stereocenters. The number of halogens is 2. The van der Waals surface area contributed by atoms with Crippen LogP contribution in [0.3, 0.4) is 0 Å². The van der Waals surface area contributed by atoms with E-state index in [2.05, 4.69) is 21.2 Å². The zero-order chi connectivity index (χ0) is 16.1. The summed E-state index contributed by atoms with van der Waals surface area (Å²) in [4.78, 5) is 12.0. The first kappa shape index (κ1) is 16.6. The molecule has 1 aromatic carbocycles. The molecule has 1 heterocycles. The van der Waals surface area contributed by atoms with Gasteiger partial charge in [-0.15, -0.1) is 0 Å². The van der Waals surface area contributed by atoms with Crippen molar-refractivity contribution in [3.8, 4) is 0 Å². The number of hydrogen-bond acceptors (Lipinski definition) is 3. The van der Waals surface area contributed by atoms with Crippen LogP contribution in [0.25, 0.3) is 0 Å². The minimum Gasteiger partial charge on any atom is -0.479 e. The molecule has 0 spiro atoms. The summed E-state index contributed by atoms with van der Waals surface area (Å²) in [6, 6.07) is 5.26. The first-order valence-electron chi connectivity index (χ1n) is 6.66. The molecule has 116 valence electrons. The highest BCUT2D eigenvalue weighted by molar-refractivity contribution is 9.10. The van der Waals surface area contributed by atoms with Crippen molar-refractivity contribution in [2.45, 2.75) is 50.9 Å². The highest BCUT2D eigenvalue weighted by Crippen LogP contribution is 2.47. The maximum Gasteiger partial charge on any atom is 0.332 e. The second-order valence-electron chi connectivity index (χ2n) is 6.51. The van der Waals surface area contributed by atoms with E-state index in [1.165, 1.54) is 0 Å². The van der Waals surface area contributed by atoms with E-state index in [1.54, 1.807) is 32.0 Å². The number of carboxylic acids is 1. The maximum absolute atomic E-state index is 12.0. The summed E-state index contributed by atoms with van der Waals surface area (Å²) in [5.74, 6) is -0.927. The molecule has 6 heteroatoms. The molecule has 0 bridgehead atoms. The Labute approximate surface area is 138 Å². The summed E-state index contributed by atoms with van der Waals surface area (Å²) in [5.41, 5.74) is -1.89. The predicted molar refractivity (Wildman–Crippen MR) is 87.0 cm³/mol. The average Bonchev–Trinajstić information content (AvgIpc) is 2.49. The molecule has 0 amide bonds. The molecule has 4 nitrogen and oxygen atoms in total. The molecule has 1 aliphatic heterocycles. The smallest absolute Gasteiger partial charge is 0.332 e. The third kappa shape index (κ3) is 2.91. The minimum atomic E-state index is -1.20. The van der Waals surface area contributed by atoms with E-state index in [-0.39, 0.29) is 0 Å². The number of benzene rings is 1.